The maximum atomic E-state index is 9.99. The molecule has 9 nitrogen and oxygen atoms in total. The van der Waals surface area contributed by atoms with Crippen LogP contribution >= 0.6 is 0 Å². The van der Waals surface area contributed by atoms with Crippen molar-refractivity contribution in [1.29, 1.82) is 5.26 Å². The van der Waals surface area contributed by atoms with Crippen LogP contribution < -0.4 is 0 Å². The molecule has 0 saturated carbocycles. The SMILES string of the molecule is N#Cc1cccc2c3nc4nc(nc5[nH]c(nc6nc(nc([nH]3)c12)-c1ccccc1-6)c1ccccc51)-c1ccccc1-4. The standard InChI is InChI=1S/C33H17N9/c34-16-17-8-7-15-24-25(17)33-41-31-23-14-6-5-13-22(23)29(39-31)37-27-19-10-2-1-9-18(19)26(35-27)36-28-20-11-3-4-12-21(20)30(38-28)40-32(24)42-33/h1-15H,(H2,35,36,37,38,39,40,41,42). The lowest BCUT2D eigenvalue weighted by atomic mass is 10.1. The van der Waals surface area contributed by atoms with E-state index in [1.807, 2.05) is 84.9 Å². The van der Waals surface area contributed by atoms with Gasteiger partial charge in [0, 0.05) is 43.8 Å². The van der Waals surface area contributed by atoms with Gasteiger partial charge in [0.05, 0.1) is 11.6 Å². The Kier molecular flexibility index (Phi) is 4.49. The zero-order chi connectivity index (χ0) is 27.8. The van der Waals surface area contributed by atoms with Crippen molar-refractivity contribution in [2.24, 2.45) is 0 Å². The van der Waals surface area contributed by atoms with E-state index >= 15 is 0 Å². The van der Waals surface area contributed by atoms with Gasteiger partial charge in [-0.1, -0.05) is 84.9 Å². The number of nitrogens with zero attached hydrogens (tertiary/aromatic N) is 7. The Morgan fingerprint density at radius 1 is 0.429 bits per heavy atom. The van der Waals surface area contributed by atoms with E-state index in [1.54, 1.807) is 6.07 Å². The minimum absolute atomic E-state index is 0.490. The third-order valence-corrected chi connectivity index (χ3v) is 7.70. The van der Waals surface area contributed by atoms with Gasteiger partial charge in [0.25, 0.3) is 0 Å². The van der Waals surface area contributed by atoms with E-state index in [-0.39, 0.29) is 0 Å². The second-order valence-corrected chi connectivity index (χ2v) is 10.1. The first kappa shape index (κ1) is 22.5. The van der Waals surface area contributed by atoms with Crippen molar-refractivity contribution in [2.45, 2.75) is 0 Å². The molecular formula is C33H17N9. The molecule has 0 amide bonds. The Labute approximate surface area is 237 Å². The summed E-state index contributed by atoms with van der Waals surface area (Å²) in [6, 6.07) is 31.6. The van der Waals surface area contributed by atoms with Crippen molar-refractivity contribution >= 4 is 44.1 Å². The molecule has 0 unspecified atom stereocenters. The number of fused-ring (bicyclic) bond motifs is 20. The van der Waals surface area contributed by atoms with Crippen LogP contribution in [0.4, 0.5) is 0 Å². The molecule has 7 aromatic rings. The first-order chi connectivity index (χ1) is 20.7. The van der Waals surface area contributed by atoms with Crippen LogP contribution in [-0.4, -0.2) is 39.9 Å². The molecule has 5 heterocycles. The summed E-state index contributed by atoms with van der Waals surface area (Å²) in [6.07, 6.45) is 0. The van der Waals surface area contributed by atoms with Crippen molar-refractivity contribution in [3.63, 3.8) is 0 Å². The third kappa shape index (κ3) is 3.17. The predicted molar refractivity (Wildman–Crippen MR) is 161 cm³/mol. The zero-order valence-electron chi connectivity index (χ0n) is 21.8. The molecule has 0 radical (unpaired) electrons. The molecule has 194 valence electrons. The molecule has 3 aromatic heterocycles. The van der Waals surface area contributed by atoms with Crippen LogP contribution in [0.5, 0.6) is 0 Å². The molecule has 0 spiro atoms. The van der Waals surface area contributed by atoms with Crippen LogP contribution in [0, 0.1) is 11.3 Å². The molecule has 42 heavy (non-hydrogen) atoms. The minimum atomic E-state index is 0.490. The predicted octanol–water partition coefficient (Wildman–Crippen LogP) is 6.74. The zero-order valence-corrected chi connectivity index (χ0v) is 21.8. The minimum Gasteiger partial charge on any atom is -0.324 e. The molecule has 9 heteroatoms. The number of aromatic nitrogens is 8. The van der Waals surface area contributed by atoms with Crippen LogP contribution in [0.3, 0.4) is 0 Å². The van der Waals surface area contributed by atoms with E-state index in [0.29, 0.717) is 56.8 Å². The number of nitrogens with one attached hydrogen (secondary N) is 2. The van der Waals surface area contributed by atoms with E-state index in [1.165, 1.54) is 0 Å². The molecular weight excluding hydrogens is 522 g/mol. The van der Waals surface area contributed by atoms with E-state index < -0.39 is 0 Å². The second-order valence-electron chi connectivity index (χ2n) is 10.1. The summed E-state index contributed by atoms with van der Waals surface area (Å²) in [4.78, 5) is 36.5. The van der Waals surface area contributed by atoms with Crippen LogP contribution in [0.25, 0.3) is 89.7 Å². The van der Waals surface area contributed by atoms with Crippen molar-refractivity contribution in [1.82, 2.24) is 39.9 Å². The van der Waals surface area contributed by atoms with Crippen molar-refractivity contribution < 1.29 is 0 Å². The molecule has 4 aromatic carbocycles. The number of hydrogen-bond donors (Lipinski definition) is 2. The van der Waals surface area contributed by atoms with E-state index in [0.717, 1.165) is 38.4 Å². The third-order valence-electron chi connectivity index (χ3n) is 7.70. The van der Waals surface area contributed by atoms with E-state index in [9.17, 15) is 5.26 Å². The topological polar surface area (TPSA) is 133 Å². The van der Waals surface area contributed by atoms with Crippen molar-refractivity contribution in [2.75, 3.05) is 0 Å². The number of rotatable bonds is 0. The average Bonchev–Trinajstić information content (AvgIpc) is 3.76. The molecule has 0 saturated heterocycles. The Morgan fingerprint density at radius 2 is 0.833 bits per heavy atom. The van der Waals surface area contributed by atoms with Gasteiger partial charge in [0.2, 0.25) is 0 Å². The van der Waals surface area contributed by atoms with Gasteiger partial charge in [-0.3, -0.25) is 0 Å². The lowest BCUT2D eigenvalue weighted by Gasteiger charge is -1.96. The molecule has 0 aliphatic carbocycles. The number of aromatic amines is 2. The van der Waals surface area contributed by atoms with Gasteiger partial charge in [-0.15, -0.1) is 0 Å². The van der Waals surface area contributed by atoms with Gasteiger partial charge in [0.15, 0.2) is 23.3 Å². The highest BCUT2D eigenvalue weighted by Crippen LogP contribution is 2.37. The van der Waals surface area contributed by atoms with Gasteiger partial charge < -0.3 is 9.97 Å². The largest absolute Gasteiger partial charge is 0.324 e. The molecule has 0 fully saturated rings. The summed E-state index contributed by atoms with van der Waals surface area (Å²) in [5.74, 6) is 2.11. The van der Waals surface area contributed by atoms with Gasteiger partial charge in [-0.25, -0.2) is 29.9 Å². The van der Waals surface area contributed by atoms with Gasteiger partial charge in [0.1, 0.15) is 22.6 Å². The van der Waals surface area contributed by atoms with Crippen LogP contribution in [0.15, 0.2) is 91.0 Å². The Morgan fingerprint density at radius 3 is 1.33 bits per heavy atom. The second kappa shape index (κ2) is 8.36. The summed E-state index contributed by atoms with van der Waals surface area (Å²) < 4.78 is 0. The highest BCUT2D eigenvalue weighted by molar-refractivity contribution is 6.08. The maximum absolute atomic E-state index is 9.99. The Bertz CT molecular complexity index is 2490. The molecule has 2 aliphatic rings. The van der Waals surface area contributed by atoms with Crippen molar-refractivity contribution in [3.05, 3.63) is 96.6 Å². The monoisotopic (exact) mass is 539 g/mol. The highest BCUT2D eigenvalue weighted by atomic mass is 15.1. The number of benzene rings is 4. The lowest BCUT2D eigenvalue weighted by Crippen LogP contribution is -1.83. The summed E-state index contributed by atoms with van der Waals surface area (Å²) in [5.41, 5.74) is 6.30. The highest BCUT2D eigenvalue weighted by Gasteiger charge is 2.22. The Balaban J connectivity index is 1.53. The first-order valence-electron chi connectivity index (χ1n) is 13.4. The van der Waals surface area contributed by atoms with Crippen LogP contribution in [0.2, 0.25) is 0 Å². The summed E-state index contributed by atoms with van der Waals surface area (Å²) in [7, 11) is 0. The summed E-state index contributed by atoms with van der Waals surface area (Å²) in [5, 5.41) is 13.3. The Hall–Kier alpha value is -6.27. The van der Waals surface area contributed by atoms with E-state index in [2.05, 4.69) is 16.0 Å². The van der Waals surface area contributed by atoms with Gasteiger partial charge >= 0.3 is 0 Å². The first-order valence-corrected chi connectivity index (χ1v) is 13.4. The molecule has 8 bridgehead atoms. The fourth-order valence-corrected chi connectivity index (χ4v) is 5.78. The lowest BCUT2D eigenvalue weighted by molar-refractivity contribution is 1.19. The molecule has 9 rings (SSSR count). The van der Waals surface area contributed by atoms with Crippen molar-refractivity contribution in [3.8, 4) is 51.6 Å². The average molecular weight is 540 g/mol. The van der Waals surface area contributed by atoms with Crippen LogP contribution in [0.1, 0.15) is 5.56 Å². The fourth-order valence-electron chi connectivity index (χ4n) is 5.78. The van der Waals surface area contributed by atoms with Crippen LogP contribution in [-0.2, 0) is 0 Å². The quantitative estimate of drug-likeness (QED) is 0.218. The molecule has 2 aliphatic heterocycles. The van der Waals surface area contributed by atoms with Gasteiger partial charge in [-0.2, -0.15) is 5.26 Å². The fraction of sp³-hybridized carbons (Fsp3) is 0. The summed E-state index contributed by atoms with van der Waals surface area (Å²) in [6.45, 7) is 0. The molecule has 0 atom stereocenters. The normalized spacial score (nSPS) is 11.8. The number of H-pyrrole nitrogens is 2. The van der Waals surface area contributed by atoms with E-state index in [4.69, 9.17) is 29.9 Å². The maximum Gasteiger partial charge on any atom is 0.164 e. The summed E-state index contributed by atoms with van der Waals surface area (Å²) >= 11 is 0. The smallest absolute Gasteiger partial charge is 0.164 e. The number of hydrogen-bond acceptors (Lipinski definition) is 7. The number of nitriles is 1. The molecule has 2 N–H and O–H groups in total. The van der Waals surface area contributed by atoms with Gasteiger partial charge in [-0.05, 0) is 6.07 Å².